The van der Waals surface area contributed by atoms with Gasteiger partial charge in [0.15, 0.2) is 17.3 Å². The van der Waals surface area contributed by atoms with E-state index in [1.165, 1.54) is 18.4 Å². The van der Waals surface area contributed by atoms with Crippen LogP contribution in [-0.2, 0) is 13.1 Å². The van der Waals surface area contributed by atoms with Gasteiger partial charge in [0.25, 0.3) is 0 Å². The van der Waals surface area contributed by atoms with E-state index in [0.717, 1.165) is 56.6 Å². The highest BCUT2D eigenvalue weighted by Crippen LogP contribution is 2.34. The van der Waals surface area contributed by atoms with Crippen molar-refractivity contribution < 1.29 is 9.47 Å². The third kappa shape index (κ3) is 3.81. The third-order valence-electron chi connectivity index (χ3n) is 5.14. The number of nitrogens with zero attached hydrogens (tertiary/aromatic N) is 6. The molecule has 1 saturated carbocycles. The molecule has 2 fully saturated rings. The summed E-state index contributed by atoms with van der Waals surface area (Å²) in [4.78, 5) is 4.91. The van der Waals surface area contributed by atoms with Crippen LogP contribution in [-0.4, -0.2) is 70.4 Å². The molecule has 1 aromatic carbocycles. The van der Waals surface area contributed by atoms with Crippen LogP contribution in [0.3, 0.4) is 0 Å². The van der Waals surface area contributed by atoms with Crippen molar-refractivity contribution in [3.63, 3.8) is 0 Å². The van der Waals surface area contributed by atoms with E-state index in [4.69, 9.17) is 9.47 Å². The molecule has 0 radical (unpaired) electrons. The molecular weight excluding hydrogens is 332 g/mol. The minimum Gasteiger partial charge on any atom is -0.493 e. The van der Waals surface area contributed by atoms with Gasteiger partial charge in [0.05, 0.1) is 26.8 Å². The topological polar surface area (TPSA) is 68.5 Å². The second-order valence-electron chi connectivity index (χ2n) is 7.01. The molecule has 4 rings (SSSR count). The van der Waals surface area contributed by atoms with Crippen molar-refractivity contribution in [2.75, 3.05) is 40.4 Å². The van der Waals surface area contributed by atoms with E-state index in [0.29, 0.717) is 6.04 Å². The number of aromatic nitrogens is 4. The van der Waals surface area contributed by atoms with E-state index >= 15 is 0 Å². The molecule has 1 saturated heterocycles. The molecule has 0 amide bonds. The SMILES string of the molecule is COc1ccc(CN2CCN(Cc3nnnn3C3CC3)CC2)cc1OC. The fourth-order valence-electron chi connectivity index (χ4n) is 3.46. The molecule has 0 unspecified atom stereocenters. The Hall–Kier alpha value is -2.19. The lowest BCUT2D eigenvalue weighted by atomic mass is 10.1. The summed E-state index contributed by atoms with van der Waals surface area (Å²) in [6.07, 6.45) is 2.41. The molecule has 8 nitrogen and oxygen atoms in total. The average Bonchev–Trinajstić information content (AvgIpc) is 3.42. The number of hydrogen-bond acceptors (Lipinski definition) is 7. The highest BCUT2D eigenvalue weighted by Gasteiger charge is 2.28. The molecule has 1 aliphatic carbocycles. The van der Waals surface area contributed by atoms with Crippen LogP contribution in [0.4, 0.5) is 0 Å². The van der Waals surface area contributed by atoms with Crippen LogP contribution in [0.15, 0.2) is 18.2 Å². The number of ether oxygens (including phenoxy) is 2. The van der Waals surface area contributed by atoms with Crippen LogP contribution in [0.2, 0.25) is 0 Å². The summed E-state index contributed by atoms with van der Waals surface area (Å²) < 4.78 is 12.7. The predicted octanol–water partition coefficient (Wildman–Crippen LogP) is 1.34. The number of hydrogen-bond donors (Lipinski definition) is 0. The van der Waals surface area contributed by atoms with Crippen LogP contribution in [0.1, 0.15) is 30.3 Å². The maximum Gasteiger partial charge on any atom is 0.165 e. The number of rotatable bonds is 7. The first kappa shape index (κ1) is 17.2. The molecule has 0 N–H and O–H groups in total. The van der Waals surface area contributed by atoms with E-state index in [1.807, 2.05) is 10.7 Å². The fourth-order valence-corrected chi connectivity index (χ4v) is 3.46. The number of benzene rings is 1. The van der Waals surface area contributed by atoms with Gasteiger partial charge >= 0.3 is 0 Å². The Morgan fingerprint density at radius 1 is 0.962 bits per heavy atom. The van der Waals surface area contributed by atoms with Crippen molar-refractivity contribution in [1.82, 2.24) is 30.0 Å². The fraction of sp³-hybridized carbons (Fsp3) is 0.611. The van der Waals surface area contributed by atoms with E-state index < -0.39 is 0 Å². The van der Waals surface area contributed by atoms with Gasteiger partial charge in [-0.2, -0.15) is 0 Å². The van der Waals surface area contributed by atoms with Crippen molar-refractivity contribution in [2.45, 2.75) is 32.0 Å². The number of tetrazole rings is 1. The number of piperazine rings is 1. The zero-order chi connectivity index (χ0) is 17.9. The highest BCUT2D eigenvalue weighted by atomic mass is 16.5. The normalized spacial score (nSPS) is 18.8. The predicted molar refractivity (Wildman–Crippen MR) is 96.2 cm³/mol. The van der Waals surface area contributed by atoms with Crippen LogP contribution in [0.25, 0.3) is 0 Å². The summed E-state index contributed by atoms with van der Waals surface area (Å²) >= 11 is 0. The minimum atomic E-state index is 0.534. The summed E-state index contributed by atoms with van der Waals surface area (Å²) in [5.74, 6) is 2.56. The largest absolute Gasteiger partial charge is 0.493 e. The van der Waals surface area contributed by atoms with Gasteiger partial charge in [-0.3, -0.25) is 9.80 Å². The monoisotopic (exact) mass is 358 g/mol. The van der Waals surface area contributed by atoms with Crippen molar-refractivity contribution >= 4 is 0 Å². The lowest BCUT2D eigenvalue weighted by molar-refractivity contribution is 0.118. The van der Waals surface area contributed by atoms with Gasteiger partial charge in [-0.15, -0.1) is 5.10 Å². The third-order valence-corrected chi connectivity index (χ3v) is 5.14. The second kappa shape index (κ2) is 7.59. The molecule has 0 spiro atoms. The molecule has 8 heteroatoms. The summed E-state index contributed by atoms with van der Waals surface area (Å²) in [5.41, 5.74) is 1.24. The Balaban J connectivity index is 1.30. The minimum absolute atomic E-state index is 0.534. The molecule has 140 valence electrons. The maximum atomic E-state index is 5.40. The van der Waals surface area contributed by atoms with Gasteiger partial charge in [-0.05, 0) is 41.0 Å². The molecule has 2 aromatic rings. The Morgan fingerprint density at radius 3 is 2.31 bits per heavy atom. The summed E-state index contributed by atoms with van der Waals surface area (Å²) in [5, 5.41) is 12.2. The lowest BCUT2D eigenvalue weighted by Crippen LogP contribution is -2.45. The van der Waals surface area contributed by atoms with E-state index in [2.05, 4.69) is 37.5 Å². The van der Waals surface area contributed by atoms with Crippen LogP contribution >= 0.6 is 0 Å². The van der Waals surface area contributed by atoms with Crippen molar-refractivity contribution in [3.05, 3.63) is 29.6 Å². The van der Waals surface area contributed by atoms with E-state index in [-0.39, 0.29) is 0 Å². The van der Waals surface area contributed by atoms with Gasteiger partial charge in [0, 0.05) is 32.7 Å². The summed E-state index contributed by atoms with van der Waals surface area (Å²) in [6.45, 7) is 5.91. The molecule has 2 heterocycles. The molecule has 0 bridgehead atoms. The van der Waals surface area contributed by atoms with Crippen LogP contribution in [0, 0.1) is 0 Å². The highest BCUT2D eigenvalue weighted by molar-refractivity contribution is 5.42. The Labute approximate surface area is 153 Å². The molecular formula is C18H26N6O2. The first-order chi connectivity index (χ1) is 12.8. The van der Waals surface area contributed by atoms with Gasteiger partial charge < -0.3 is 9.47 Å². The van der Waals surface area contributed by atoms with Crippen molar-refractivity contribution in [2.24, 2.45) is 0 Å². The van der Waals surface area contributed by atoms with Crippen LogP contribution < -0.4 is 9.47 Å². The van der Waals surface area contributed by atoms with Gasteiger partial charge in [0.2, 0.25) is 0 Å². The zero-order valence-electron chi connectivity index (χ0n) is 15.5. The quantitative estimate of drug-likeness (QED) is 0.740. The smallest absolute Gasteiger partial charge is 0.165 e. The molecule has 1 aromatic heterocycles. The molecule has 0 atom stereocenters. The van der Waals surface area contributed by atoms with Crippen LogP contribution in [0.5, 0.6) is 11.5 Å². The van der Waals surface area contributed by atoms with Gasteiger partial charge in [0.1, 0.15) is 0 Å². The molecule has 26 heavy (non-hydrogen) atoms. The lowest BCUT2D eigenvalue weighted by Gasteiger charge is -2.34. The zero-order valence-corrected chi connectivity index (χ0v) is 15.5. The van der Waals surface area contributed by atoms with Gasteiger partial charge in [-0.1, -0.05) is 6.07 Å². The van der Waals surface area contributed by atoms with Gasteiger partial charge in [-0.25, -0.2) is 4.68 Å². The van der Waals surface area contributed by atoms with E-state index in [9.17, 15) is 0 Å². The summed E-state index contributed by atoms with van der Waals surface area (Å²) in [6, 6.07) is 6.68. The van der Waals surface area contributed by atoms with Crippen molar-refractivity contribution in [3.8, 4) is 11.5 Å². The second-order valence-corrected chi connectivity index (χ2v) is 7.01. The molecule has 2 aliphatic rings. The molecule has 1 aliphatic heterocycles. The average molecular weight is 358 g/mol. The Bertz CT molecular complexity index is 737. The standard InChI is InChI=1S/C18H26N6O2/c1-25-16-6-3-14(11-17(16)26-2)12-22-7-9-23(10-8-22)13-18-19-20-21-24(18)15-4-5-15/h3,6,11,15H,4-5,7-10,12-13H2,1-2H3. The maximum absolute atomic E-state index is 5.40. The van der Waals surface area contributed by atoms with E-state index in [1.54, 1.807) is 14.2 Å². The van der Waals surface area contributed by atoms with Crippen molar-refractivity contribution in [1.29, 1.82) is 0 Å². The first-order valence-corrected chi connectivity index (χ1v) is 9.19. The first-order valence-electron chi connectivity index (χ1n) is 9.19. The Kier molecular flexibility index (Phi) is 5.03. The summed E-state index contributed by atoms with van der Waals surface area (Å²) in [7, 11) is 3.34. The number of methoxy groups -OCH3 is 2. The Morgan fingerprint density at radius 2 is 1.65 bits per heavy atom.